The average Bonchev–Trinajstić information content (AvgIpc) is 2.46. The van der Waals surface area contributed by atoms with E-state index in [4.69, 9.17) is 10.5 Å². The van der Waals surface area contributed by atoms with Crippen LogP contribution in [0.25, 0.3) is 0 Å². The van der Waals surface area contributed by atoms with E-state index >= 15 is 0 Å². The predicted octanol–water partition coefficient (Wildman–Crippen LogP) is 3.95. The zero-order valence-electron chi connectivity index (χ0n) is 10.7. The number of ether oxygens (including phenoxy) is 1. The lowest BCUT2D eigenvalue weighted by molar-refractivity contribution is 0.116. The third kappa shape index (κ3) is 4.47. The highest BCUT2D eigenvalue weighted by Crippen LogP contribution is 2.21. The predicted molar refractivity (Wildman–Crippen MR) is 77.4 cm³/mol. The van der Waals surface area contributed by atoms with Crippen LogP contribution in [0.15, 0.2) is 54.6 Å². The number of rotatable bonds is 5. The Balaban J connectivity index is 0.00000200. The summed E-state index contributed by atoms with van der Waals surface area (Å²) < 4.78 is 30.4. The molecule has 0 saturated heterocycles. The first-order valence-corrected chi connectivity index (χ1v) is 5.97. The van der Waals surface area contributed by atoms with Crippen LogP contribution >= 0.6 is 12.4 Å². The van der Waals surface area contributed by atoms with E-state index < -0.39 is 12.5 Å². The maximum Gasteiger partial charge on any atom is 0.257 e. The number of benzene rings is 2. The molecule has 108 valence electrons. The van der Waals surface area contributed by atoms with Crippen LogP contribution < -0.4 is 10.5 Å². The smallest absolute Gasteiger partial charge is 0.257 e. The van der Waals surface area contributed by atoms with Crippen LogP contribution in [0.3, 0.4) is 0 Å². The minimum absolute atomic E-state index is 0. The van der Waals surface area contributed by atoms with Crippen LogP contribution in [0.1, 0.15) is 17.2 Å². The molecule has 1 atom stereocenters. The van der Waals surface area contributed by atoms with Gasteiger partial charge in [-0.25, -0.2) is 8.78 Å². The van der Waals surface area contributed by atoms with Gasteiger partial charge in [-0.3, -0.25) is 0 Å². The summed E-state index contributed by atoms with van der Waals surface area (Å²) in [7, 11) is 0. The summed E-state index contributed by atoms with van der Waals surface area (Å²) in [6.45, 7) is 0.446. The lowest BCUT2D eigenvalue weighted by Crippen LogP contribution is -2.18. The van der Waals surface area contributed by atoms with Crippen LogP contribution in [0.2, 0.25) is 0 Å². The Labute approximate surface area is 123 Å². The molecule has 0 heterocycles. The molecule has 0 amide bonds. The van der Waals surface area contributed by atoms with Gasteiger partial charge in [-0.1, -0.05) is 42.5 Å². The molecule has 2 aromatic rings. The molecule has 0 spiro atoms. The van der Waals surface area contributed by atoms with E-state index in [9.17, 15) is 8.78 Å². The van der Waals surface area contributed by atoms with Crippen molar-refractivity contribution in [1.29, 1.82) is 0 Å². The highest BCUT2D eigenvalue weighted by Gasteiger charge is 2.16. The van der Waals surface area contributed by atoms with E-state index in [0.29, 0.717) is 17.9 Å². The van der Waals surface area contributed by atoms with Crippen LogP contribution in [0.4, 0.5) is 8.78 Å². The van der Waals surface area contributed by atoms with E-state index in [1.807, 2.05) is 30.3 Å². The Morgan fingerprint density at radius 3 is 2.10 bits per heavy atom. The molecule has 5 heteroatoms. The van der Waals surface area contributed by atoms with Gasteiger partial charge in [0.05, 0.1) is 6.04 Å². The second-order valence-corrected chi connectivity index (χ2v) is 4.20. The molecule has 0 aromatic heterocycles. The van der Waals surface area contributed by atoms with Gasteiger partial charge < -0.3 is 10.5 Å². The molecule has 0 aliphatic heterocycles. The first kappa shape index (κ1) is 16.4. The molecule has 0 aliphatic rings. The molecule has 0 bridgehead atoms. The molecule has 2 rings (SSSR count). The highest BCUT2D eigenvalue weighted by atomic mass is 35.5. The number of nitrogens with two attached hydrogens (primary N) is 1. The number of halogens is 3. The van der Waals surface area contributed by atoms with Crippen LogP contribution in [-0.2, 0) is 6.61 Å². The summed E-state index contributed by atoms with van der Waals surface area (Å²) in [6.07, 6.45) is -2.56. The minimum atomic E-state index is -2.56. The van der Waals surface area contributed by atoms with Gasteiger partial charge in [-0.15, -0.1) is 12.4 Å². The molecule has 2 N–H and O–H groups in total. The molecule has 0 saturated carbocycles. The first-order chi connectivity index (χ1) is 9.16. The van der Waals surface area contributed by atoms with E-state index in [1.165, 1.54) is 0 Å². The molecule has 2 nitrogen and oxygen atoms in total. The van der Waals surface area contributed by atoms with Crippen molar-refractivity contribution in [3.8, 4) is 5.75 Å². The molecule has 0 aliphatic carbocycles. The normalized spacial score (nSPS) is 11.8. The largest absolute Gasteiger partial charge is 0.489 e. The van der Waals surface area contributed by atoms with E-state index in [-0.39, 0.29) is 12.4 Å². The molecule has 2 aromatic carbocycles. The molecular formula is C15H16ClF2NO. The van der Waals surface area contributed by atoms with Crippen LogP contribution in [0, 0.1) is 0 Å². The lowest BCUT2D eigenvalue weighted by atomic mass is 10.1. The van der Waals surface area contributed by atoms with Gasteiger partial charge in [-0.2, -0.15) is 0 Å². The van der Waals surface area contributed by atoms with Crippen molar-refractivity contribution in [1.82, 2.24) is 0 Å². The average molecular weight is 300 g/mol. The van der Waals surface area contributed by atoms with Crippen LogP contribution in [0.5, 0.6) is 5.75 Å². The Morgan fingerprint density at radius 2 is 1.55 bits per heavy atom. The Morgan fingerprint density at radius 1 is 0.950 bits per heavy atom. The summed E-state index contributed by atoms with van der Waals surface area (Å²) in [5.41, 5.74) is 6.82. The zero-order chi connectivity index (χ0) is 13.7. The fourth-order valence-electron chi connectivity index (χ4n) is 1.67. The van der Waals surface area contributed by atoms with Crippen LogP contribution in [-0.4, -0.2) is 6.43 Å². The number of hydrogen-bond acceptors (Lipinski definition) is 2. The van der Waals surface area contributed by atoms with Crippen molar-refractivity contribution in [2.75, 3.05) is 0 Å². The zero-order valence-corrected chi connectivity index (χ0v) is 11.5. The number of alkyl halides is 2. The molecule has 20 heavy (non-hydrogen) atoms. The van der Waals surface area contributed by atoms with Gasteiger partial charge >= 0.3 is 0 Å². The van der Waals surface area contributed by atoms with Gasteiger partial charge in [0, 0.05) is 0 Å². The maximum absolute atomic E-state index is 12.4. The van der Waals surface area contributed by atoms with E-state index in [1.54, 1.807) is 24.3 Å². The third-order valence-electron chi connectivity index (χ3n) is 2.78. The summed E-state index contributed by atoms with van der Waals surface area (Å²) in [6, 6.07) is 14.9. The van der Waals surface area contributed by atoms with Crippen molar-refractivity contribution in [2.45, 2.75) is 19.1 Å². The lowest BCUT2D eigenvalue weighted by Gasteiger charge is -2.12. The highest BCUT2D eigenvalue weighted by molar-refractivity contribution is 5.85. The standard InChI is InChI=1S/C15H15F2NO.ClH/c16-15(17)14(18)12-6-8-13(9-7-12)19-10-11-4-2-1-3-5-11;/h1-9,14-15H,10,18H2;1H/t14-;/m0./s1. The number of hydrogen-bond donors (Lipinski definition) is 1. The first-order valence-electron chi connectivity index (χ1n) is 5.97. The Hall–Kier alpha value is -1.65. The monoisotopic (exact) mass is 299 g/mol. The Kier molecular flexibility index (Phi) is 6.42. The van der Waals surface area contributed by atoms with Gasteiger partial charge in [0.1, 0.15) is 12.4 Å². The summed E-state index contributed by atoms with van der Waals surface area (Å²) in [5.74, 6) is 0.633. The van der Waals surface area contributed by atoms with E-state index in [0.717, 1.165) is 5.56 Å². The van der Waals surface area contributed by atoms with Crippen molar-refractivity contribution >= 4 is 12.4 Å². The molecule has 0 fully saturated rings. The van der Waals surface area contributed by atoms with Crippen molar-refractivity contribution in [3.63, 3.8) is 0 Å². The van der Waals surface area contributed by atoms with Gasteiger partial charge in [0.15, 0.2) is 0 Å². The fourth-order valence-corrected chi connectivity index (χ4v) is 1.67. The second kappa shape index (κ2) is 7.82. The molecular weight excluding hydrogens is 284 g/mol. The fraction of sp³-hybridized carbons (Fsp3) is 0.200. The topological polar surface area (TPSA) is 35.2 Å². The molecule has 0 unspecified atom stereocenters. The van der Waals surface area contributed by atoms with Crippen molar-refractivity contribution in [3.05, 3.63) is 65.7 Å². The summed E-state index contributed by atoms with van der Waals surface area (Å²) in [5, 5.41) is 0. The Bertz CT molecular complexity index is 505. The third-order valence-corrected chi connectivity index (χ3v) is 2.78. The van der Waals surface area contributed by atoms with E-state index in [2.05, 4.69) is 0 Å². The summed E-state index contributed by atoms with van der Waals surface area (Å²) >= 11 is 0. The quantitative estimate of drug-likeness (QED) is 0.907. The van der Waals surface area contributed by atoms with Crippen molar-refractivity contribution < 1.29 is 13.5 Å². The van der Waals surface area contributed by atoms with Gasteiger partial charge in [0.25, 0.3) is 6.43 Å². The SMILES string of the molecule is Cl.N[C@@H](c1ccc(OCc2ccccc2)cc1)C(F)F. The second-order valence-electron chi connectivity index (χ2n) is 4.20. The maximum atomic E-state index is 12.4. The minimum Gasteiger partial charge on any atom is -0.489 e. The van der Waals surface area contributed by atoms with Gasteiger partial charge in [-0.05, 0) is 23.3 Å². The summed E-state index contributed by atoms with van der Waals surface area (Å²) in [4.78, 5) is 0. The molecule has 0 radical (unpaired) electrons. The van der Waals surface area contributed by atoms with Crippen molar-refractivity contribution in [2.24, 2.45) is 5.73 Å². The van der Waals surface area contributed by atoms with Gasteiger partial charge in [0.2, 0.25) is 0 Å².